The van der Waals surface area contributed by atoms with Crippen LogP contribution < -0.4 is 4.74 Å². The van der Waals surface area contributed by atoms with Crippen LogP contribution in [0.3, 0.4) is 0 Å². The van der Waals surface area contributed by atoms with Gasteiger partial charge in [0, 0.05) is 0 Å². The minimum Gasteiger partial charge on any atom is -0.462 e. The van der Waals surface area contributed by atoms with Crippen molar-refractivity contribution in [3.8, 4) is 5.75 Å². The van der Waals surface area contributed by atoms with Crippen molar-refractivity contribution in [3.05, 3.63) is 29.8 Å². The SMILES string of the molecule is Cc1ccccc1OC1O[C@H](CO)[C@@H](O)[C@H](O)[C@H]1O. The molecule has 4 N–H and O–H groups in total. The third kappa shape index (κ3) is 2.88. The number of ether oxygens (including phenoxy) is 2. The van der Waals surface area contributed by atoms with Crippen molar-refractivity contribution in [2.75, 3.05) is 6.61 Å². The van der Waals surface area contributed by atoms with Gasteiger partial charge in [0.05, 0.1) is 6.61 Å². The summed E-state index contributed by atoms with van der Waals surface area (Å²) < 4.78 is 10.8. The molecule has 1 aromatic rings. The van der Waals surface area contributed by atoms with E-state index in [1.165, 1.54) is 0 Å². The van der Waals surface area contributed by atoms with Crippen LogP contribution in [0.25, 0.3) is 0 Å². The molecule has 1 aromatic carbocycles. The number of benzene rings is 1. The Bertz CT molecular complexity index is 421. The van der Waals surface area contributed by atoms with Gasteiger partial charge in [-0.05, 0) is 18.6 Å². The fraction of sp³-hybridized carbons (Fsp3) is 0.538. The molecule has 1 fully saturated rings. The summed E-state index contributed by atoms with van der Waals surface area (Å²) in [5.74, 6) is 0.506. The molecule has 1 aliphatic rings. The first-order valence-corrected chi connectivity index (χ1v) is 6.07. The summed E-state index contributed by atoms with van der Waals surface area (Å²) in [5, 5.41) is 38.2. The minimum absolute atomic E-state index is 0.474. The fourth-order valence-electron chi connectivity index (χ4n) is 1.98. The lowest BCUT2D eigenvalue weighted by Crippen LogP contribution is -2.60. The molecular weight excluding hydrogens is 252 g/mol. The van der Waals surface area contributed by atoms with Crippen molar-refractivity contribution in [1.29, 1.82) is 0 Å². The van der Waals surface area contributed by atoms with Crippen molar-refractivity contribution in [2.24, 2.45) is 0 Å². The summed E-state index contributed by atoms with van der Waals surface area (Å²) in [7, 11) is 0. The fourth-order valence-corrected chi connectivity index (χ4v) is 1.98. The maximum absolute atomic E-state index is 9.83. The van der Waals surface area contributed by atoms with Gasteiger partial charge in [-0.15, -0.1) is 0 Å². The Kier molecular flexibility index (Phi) is 4.38. The lowest BCUT2D eigenvalue weighted by Gasteiger charge is -2.39. The molecule has 106 valence electrons. The van der Waals surface area contributed by atoms with Crippen LogP contribution in [0.15, 0.2) is 24.3 Å². The molecular formula is C13H18O6. The first kappa shape index (κ1) is 14.2. The Labute approximate surface area is 110 Å². The van der Waals surface area contributed by atoms with Crippen molar-refractivity contribution in [2.45, 2.75) is 37.6 Å². The summed E-state index contributed by atoms with van der Waals surface area (Å²) in [4.78, 5) is 0. The van der Waals surface area contributed by atoms with Crippen LogP contribution in [0.4, 0.5) is 0 Å². The van der Waals surface area contributed by atoms with Crippen LogP contribution in [-0.4, -0.2) is 57.7 Å². The van der Waals surface area contributed by atoms with E-state index in [1.54, 1.807) is 12.1 Å². The number of aryl methyl sites for hydroxylation is 1. The molecule has 1 unspecified atom stereocenters. The van der Waals surface area contributed by atoms with Gasteiger partial charge in [-0.2, -0.15) is 0 Å². The molecule has 0 aliphatic carbocycles. The van der Waals surface area contributed by atoms with E-state index in [-0.39, 0.29) is 0 Å². The second-order valence-electron chi connectivity index (χ2n) is 4.58. The molecule has 0 bridgehead atoms. The first-order valence-electron chi connectivity index (χ1n) is 6.07. The van der Waals surface area contributed by atoms with Crippen molar-refractivity contribution >= 4 is 0 Å². The zero-order chi connectivity index (χ0) is 14.0. The van der Waals surface area contributed by atoms with Crippen LogP contribution in [0, 0.1) is 6.92 Å². The largest absolute Gasteiger partial charge is 0.462 e. The van der Waals surface area contributed by atoms with Crippen molar-refractivity contribution in [3.63, 3.8) is 0 Å². The highest BCUT2D eigenvalue weighted by atomic mass is 16.7. The lowest BCUT2D eigenvalue weighted by atomic mass is 9.99. The zero-order valence-corrected chi connectivity index (χ0v) is 10.5. The van der Waals surface area contributed by atoms with Crippen LogP contribution in [0.2, 0.25) is 0 Å². The van der Waals surface area contributed by atoms with Crippen molar-refractivity contribution < 1.29 is 29.9 Å². The lowest BCUT2D eigenvalue weighted by molar-refractivity contribution is -0.277. The Balaban J connectivity index is 2.13. The Morgan fingerprint density at radius 1 is 1.11 bits per heavy atom. The standard InChI is InChI=1S/C13H18O6/c1-7-4-2-3-5-8(7)18-13-12(17)11(16)10(15)9(6-14)19-13/h2-5,9-17H,6H2,1H3/t9-,10-,11+,12-,13?/m1/s1. The highest BCUT2D eigenvalue weighted by molar-refractivity contribution is 5.31. The topological polar surface area (TPSA) is 99.4 Å². The van der Waals surface area contributed by atoms with Crippen LogP contribution >= 0.6 is 0 Å². The zero-order valence-electron chi connectivity index (χ0n) is 10.5. The van der Waals surface area contributed by atoms with Gasteiger partial charge in [0.25, 0.3) is 0 Å². The molecule has 0 spiro atoms. The van der Waals surface area contributed by atoms with Gasteiger partial charge < -0.3 is 29.9 Å². The second kappa shape index (κ2) is 5.85. The predicted molar refractivity (Wildman–Crippen MR) is 65.6 cm³/mol. The van der Waals surface area contributed by atoms with Gasteiger partial charge in [0.15, 0.2) is 0 Å². The van der Waals surface area contributed by atoms with Gasteiger partial charge in [0.1, 0.15) is 30.2 Å². The molecule has 6 nitrogen and oxygen atoms in total. The van der Waals surface area contributed by atoms with E-state index < -0.39 is 37.3 Å². The molecule has 0 aromatic heterocycles. The van der Waals surface area contributed by atoms with E-state index in [0.29, 0.717) is 5.75 Å². The number of hydrogen-bond donors (Lipinski definition) is 4. The molecule has 1 aliphatic heterocycles. The highest BCUT2D eigenvalue weighted by Gasteiger charge is 2.44. The summed E-state index contributed by atoms with van der Waals surface area (Å²) in [6.07, 6.45) is -6.31. The number of aliphatic hydroxyl groups is 4. The van der Waals surface area contributed by atoms with E-state index in [4.69, 9.17) is 14.6 Å². The van der Waals surface area contributed by atoms with E-state index in [2.05, 4.69) is 0 Å². The van der Waals surface area contributed by atoms with Gasteiger partial charge in [-0.3, -0.25) is 0 Å². The third-order valence-electron chi connectivity index (χ3n) is 3.19. The second-order valence-corrected chi connectivity index (χ2v) is 4.58. The predicted octanol–water partition coefficient (Wildman–Crippen LogP) is -0.826. The summed E-state index contributed by atoms with van der Waals surface area (Å²) in [6, 6.07) is 7.15. The molecule has 2 rings (SSSR count). The quantitative estimate of drug-likeness (QED) is 0.572. The molecule has 0 amide bonds. The van der Waals surface area contributed by atoms with E-state index >= 15 is 0 Å². The molecule has 1 saturated heterocycles. The minimum atomic E-state index is -1.43. The molecule has 6 heteroatoms. The maximum Gasteiger partial charge on any atom is 0.229 e. The van der Waals surface area contributed by atoms with Gasteiger partial charge >= 0.3 is 0 Å². The Morgan fingerprint density at radius 3 is 2.42 bits per heavy atom. The summed E-state index contributed by atoms with van der Waals surface area (Å²) in [5.41, 5.74) is 0.847. The first-order chi connectivity index (χ1) is 9.04. The molecule has 1 heterocycles. The number of aliphatic hydroxyl groups excluding tert-OH is 4. The Hall–Kier alpha value is -1.18. The number of rotatable bonds is 3. The van der Waals surface area contributed by atoms with Crippen LogP contribution in [0.5, 0.6) is 5.75 Å². The van der Waals surface area contributed by atoms with Gasteiger partial charge in [-0.25, -0.2) is 0 Å². The average molecular weight is 270 g/mol. The normalized spacial score (nSPS) is 35.1. The van der Waals surface area contributed by atoms with E-state index in [1.807, 2.05) is 19.1 Å². The number of hydrogen-bond acceptors (Lipinski definition) is 6. The van der Waals surface area contributed by atoms with Crippen LogP contribution in [0.1, 0.15) is 5.56 Å². The molecule has 19 heavy (non-hydrogen) atoms. The van der Waals surface area contributed by atoms with Gasteiger partial charge in [-0.1, -0.05) is 18.2 Å². The molecule has 0 saturated carbocycles. The monoisotopic (exact) mass is 270 g/mol. The third-order valence-corrected chi connectivity index (χ3v) is 3.19. The smallest absolute Gasteiger partial charge is 0.229 e. The maximum atomic E-state index is 9.83. The summed E-state index contributed by atoms with van der Waals surface area (Å²) in [6.45, 7) is 1.36. The van der Waals surface area contributed by atoms with Crippen molar-refractivity contribution in [1.82, 2.24) is 0 Å². The molecule has 5 atom stereocenters. The Morgan fingerprint density at radius 2 is 1.79 bits per heavy atom. The highest BCUT2D eigenvalue weighted by Crippen LogP contribution is 2.25. The number of para-hydroxylation sites is 1. The van der Waals surface area contributed by atoms with E-state index in [0.717, 1.165) is 5.56 Å². The van der Waals surface area contributed by atoms with Crippen LogP contribution in [-0.2, 0) is 4.74 Å². The summed E-state index contributed by atoms with van der Waals surface area (Å²) >= 11 is 0. The van der Waals surface area contributed by atoms with Gasteiger partial charge in [0.2, 0.25) is 6.29 Å². The van der Waals surface area contributed by atoms with E-state index in [9.17, 15) is 15.3 Å². The molecule has 0 radical (unpaired) electrons. The average Bonchev–Trinajstić information content (AvgIpc) is 2.41.